The molecule has 104 heavy (non-hydrogen) atoms. The van der Waals surface area contributed by atoms with Gasteiger partial charge in [0.05, 0.1) is 0 Å². The van der Waals surface area contributed by atoms with Crippen LogP contribution in [0.3, 0.4) is 0 Å². The molecule has 20 rings (SSSR count). The van der Waals surface area contributed by atoms with Crippen molar-refractivity contribution < 1.29 is 23.6 Å². The van der Waals surface area contributed by atoms with E-state index in [0.29, 0.717) is 5.46 Å². The molecule has 0 bridgehead atoms. The number of benzene rings is 18. The number of para-hydroxylation sites is 2. The standard InChI is InChI=1S/C48H30O.C26H15BrO.C22H17BO2.CH4.FH/c1-2-14-31(15-3-1)33-16-4-5-17-34(33)37-28-29-44(36-19-7-6-18-35(36)37)48-42-23-10-8-21-40(42)47(41-22-9-11-24-43(41)48)32-26-27-39-38-20-12-13-25-45(38)49-46(39)30-32;27-26-21-10-3-1-8-19(21)25(20-9-2-4-11-22(20)26)16-13-14-18-17-7-5-6-12-23(17)28-24(18)15-16;24-23(25)22-15-14-20(19-12-6-7-13-21(19)22)18-11-5-4-10-17(18)16-8-2-1-3-9-16;;/h1-30H;1-15H;1-15,24-25H;1H4;1H. The van der Waals surface area contributed by atoms with Crippen molar-refractivity contribution in [3.63, 3.8) is 0 Å². The Morgan fingerprint density at radius 1 is 0.212 bits per heavy atom. The van der Waals surface area contributed by atoms with Crippen molar-refractivity contribution in [1.82, 2.24) is 0 Å². The molecule has 0 amide bonds. The Bertz CT molecular complexity index is 6530. The highest BCUT2D eigenvalue weighted by Gasteiger charge is 2.23. The minimum atomic E-state index is -1.48. The minimum absolute atomic E-state index is 0. The Morgan fingerprint density at radius 2 is 0.500 bits per heavy atom. The molecule has 0 aliphatic rings. The molecule has 496 valence electrons. The molecule has 2 N–H and O–H groups in total. The van der Waals surface area contributed by atoms with Gasteiger partial charge >= 0.3 is 7.12 Å². The van der Waals surface area contributed by atoms with Gasteiger partial charge in [-0.1, -0.05) is 335 Å². The van der Waals surface area contributed by atoms with E-state index < -0.39 is 7.12 Å². The maximum atomic E-state index is 9.67. The lowest BCUT2D eigenvalue weighted by atomic mass is 9.75. The Balaban J connectivity index is 0.000000129. The summed E-state index contributed by atoms with van der Waals surface area (Å²) in [7, 11) is -1.48. The molecule has 20 aromatic rings. The largest absolute Gasteiger partial charge is 0.489 e. The zero-order valence-corrected chi connectivity index (χ0v) is 57.3. The molecule has 0 aliphatic carbocycles. The zero-order valence-electron chi connectivity index (χ0n) is 55.7. The van der Waals surface area contributed by atoms with Crippen LogP contribution in [0.4, 0.5) is 4.70 Å². The van der Waals surface area contributed by atoms with Gasteiger partial charge in [0, 0.05) is 26.0 Å². The molecule has 0 saturated heterocycles. The van der Waals surface area contributed by atoms with E-state index in [9.17, 15) is 10.0 Å². The second-order valence-electron chi connectivity index (χ2n) is 25.9. The molecule has 2 heterocycles. The van der Waals surface area contributed by atoms with E-state index in [-0.39, 0.29) is 12.1 Å². The topological polar surface area (TPSA) is 66.7 Å². The predicted molar refractivity (Wildman–Crippen MR) is 444 cm³/mol. The summed E-state index contributed by atoms with van der Waals surface area (Å²) in [6.45, 7) is 0. The first-order valence-corrected chi connectivity index (χ1v) is 35.2. The number of hydrogen-bond acceptors (Lipinski definition) is 4. The molecular weight excluding hydrogens is 1340 g/mol. The summed E-state index contributed by atoms with van der Waals surface area (Å²) in [4.78, 5) is 0. The Hall–Kier alpha value is -12.5. The summed E-state index contributed by atoms with van der Waals surface area (Å²) in [5.41, 5.74) is 21.0. The van der Waals surface area contributed by atoms with Crippen molar-refractivity contribution >= 4 is 137 Å². The van der Waals surface area contributed by atoms with Gasteiger partial charge in [-0.3, -0.25) is 4.70 Å². The third-order valence-electron chi connectivity index (χ3n) is 20.2. The van der Waals surface area contributed by atoms with Crippen LogP contribution in [-0.2, 0) is 0 Å². The summed E-state index contributed by atoms with van der Waals surface area (Å²) >= 11 is 3.83. The summed E-state index contributed by atoms with van der Waals surface area (Å²) in [6.07, 6.45) is 0. The predicted octanol–water partition coefficient (Wildman–Crippen LogP) is 26.7. The van der Waals surface area contributed by atoms with E-state index in [0.717, 1.165) is 86.9 Å². The van der Waals surface area contributed by atoms with Crippen molar-refractivity contribution in [2.75, 3.05) is 0 Å². The maximum Gasteiger partial charge on any atom is 0.489 e. The van der Waals surface area contributed by atoms with E-state index in [1.165, 1.54) is 104 Å². The molecule has 18 aromatic carbocycles. The molecule has 7 heteroatoms. The highest BCUT2D eigenvalue weighted by Crippen LogP contribution is 2.49. The lowest BCUT2D eigenvalue weighted by molar-refractivity contribution is 0.426. The Kier molecular flexibility index (Phi) is 17.9. The van der Waals surface area contributed by atoms with Crippen molar-refractivity contribution in [3.05, 3.63) is 368 Å². The number of rotatable bonds is 8. The van der Waals surface area contributed by atoms with Gasteiger partial charge in [0.1, 0.15) is 22.3 Å². The second kappa shape index (κ2) is 28.2. The molecule has 0 aliphatic heterocycles. The highest BCUT2D eigenvalue weighted by molar-refractivity contribution is 9.10. The molecule has 4 nitrogen and oxygen atoms in total. The van der Waals surface area contributed by atoms with Crippen LogP contribution in [0.1, 0.15) is 7.43 Å². The Labute approximate surface area is 610 Å². The van der Waals surface area contributed by atoms with Crippen LogP contribution in [0, 0.1) is 0 Å². The van der Waals surface area contributed by atoms with Crippen LogP contribution in [0.5, 0.6) is 0 Å². The fraction of sp³-hybridized carbons (Fsp3) is 0.0103. The molecule has 0 unspecified atom stereocenters. The van der Waals surface area contributed by atoms with Crippen molar-refractivity contribution in [2.45, 2.75) is 7.43 Å². The smallest absolute Gasteiger partial charge is 0.456 e. The van der Waals surface area contributed by atoms with E-state index in [1.54, 1.807) is 6.07 Å². The third kappa shape index (κ3) is 11.6. The van der Waals surface area contributed by atoms with Crippen LogP contribution >= 0.6 is 15.9 Å². The first-order chi connectivity index (χ1) is 50.4. The first-order valence-electron chi connectivity index (χ1n) is 34.5. The molecule has 0 fully saturated rings. The molecular formula is C97H67BBrFO4. The summed E-state index contributed by atoms with van der Waals surface area (Å²) < 4.78 is 13.7. The van der Waals surface area contributed by atoms with E-state index in [2.05, 4.69) is 289 Å². The minimum Gasteiger partial charge on any atom is -0.456 e. The number of fused-ring (bicyclic) bond motifs is 12. The maximum absolute atomic E-state index is 9.67. The average molecular weight is 1410 g/mol. The van der Waals surface area contributed by atoms with Crippen LogP contribution in [0.2, 0.25) is 0 Å². The Morgan fingerprint density at radius 3 is 0.923 bits per heavy atom. The first kappa shape index (κ1) is 66.1. The second-order valence-corrected chi connectivity index (χ2v) is 26.7. The molecule has 0 saturated carbocycles. The third-order valence-corrected chi connectivity index (χ3v) is 21.0. The van der Waals surface area contributed by atoms with E-state index in [4.69, 9.17) is 8.83 Å². The lowest BCUT2D eigenvalue weighted by Crippen LogP contribution is -2.30. The van der Waals surface area contributed by atoms with Gasteiger partial charge < -0.3 is 18.9 Å². The van der Waals surface area contributed by atoms with Crippen LogP contribution < -0.4 is 5.46 Å². The van der Waals surface area contributed by atoms with Gasteiger partial charge in [-0.15, -0.1) is 0 Å². The fourth-order valence-electron chi connectivity index (χ4n) is 15.6. The van der Waals surface area contributed by atoms with Crippen molar-refractivity contribution in [2.24, 2.45) is 0 Å². The molecule has 2 aromatic heterocycles. The molecule has 0 spiro atoms. The van der Waals surface area contributed by atoms with Crippen LogP contribution in [0.15, 0.2) is 377 Å². The van der Waals surface area contributed by atoms with Crippen molar-refractivity contribution in [3.8, 4) is 77.9 Å². The summed E-state index contributed by atoms with van der Waals surface area (Å²) in [6, 6.07) is 128. The van der Waals surface area contributed by atoms with Gasteiger partial charge in [0.25, 0.3) is 0 Å². The van der Waals surface area contributed by atoms with Crippen LogP contribution in [-0.4, -0.2) is 17.2 Å². The number of halogens is 2. The van der Waals surface area contributed by atoms with Gasteiger partial charge in [-0.25, -0.2) is 0 Å². The monoisotopic (exact) mass is 1400 g/mol. The van der Waals surface area contributed by atoms with Crippen molar-refractivity contribution in [1.29, 1.82) is 0 Å². The molecule has 0 atom stereocenters. The quantitative estimate of drug-likeness (QED) is 0.118. The van der Waals surface area contributed by atoms with Gasteiger partial charge in [0.15, 0.2) is 0 Å². The van der Waals surface area contributed by atoms with Gasteiger partial charge in [-0.2, -0.15) is 0 Å². The van der Waals surface area contributed by atoms with E-state index >= 15 is 0 Å². The number of hydrogen-bond donors (Lipinski definition) is 2. The SMILES string of the molecule is Brc1c2ccccc2c(-c2ccc3c(c2)oc2ccccc23)c2ccccc12.C.F.OB(O)c1ccc(-c2ccccc2-c2ccccc2)c2ccccc12.c1ccc(-c2ccccc2-c2ccc(-c3c4ccccc4c(-c4ccc5c(c4)oc4ccccc45)c4ccccc34)c3ccccc23)cc1. The summed E-state index contributed by atoms with van der Waals surface area (Å²) in [5, 5.41) is 38.2. The van der Waals surface area contributed by atoms with Gasteiger partial charge in [0.2, 0.25) is 0 Å². The summed E-state index contributed by atoms with van der Waals surface area (Å²) in [5.74, 6) is 0. The lowest BCUT2D eigenvalue weighted by Gasteiger charge is -2.20. The highest BCUT2D eigenvalue weighted by atomic mass is 79.9. The molecule has 0 radical (unpaired) electrons. The average Bonchev–Trinajstić information content (AvgIpc) is 0.766. The van der Waals surface area contributed by atoms with E-state index in [1.807, 2.05) is 84.9 Å². The normalized spacial score (nSPS) is 11.3. The zero-order chi connectivity index (χ0) is 68.2. The fourth-order valence-corrected chi connectivity index (χ4v) is 16.3. The number of furan rings is 2. The van der Waals surface area contributed by atoms with Gasteiger partial charge in [-0.05, 0) is 200 Å². The van der Waals surface area contributed by atoms with Crippen LogP contribution in [0.25, 0.3) is 186 Å².